The van der Waals surface area contributed by atoms with E-state index >= 15 is 0 Å². The van der Waals surface area contributed by atoms with Crippen molar-refractivity contribution in [2.45, 2.75) is 18.4 Å². The first-order valence-corrected chi connectivity index (χ1v) is 11.2. The van der Waals surface area contributed by atoms with E-state index in [-0.39, 0.29) is 12.5 Å². The third-order valence-corrected chi connectivity index (χ3v) is 6.37. The number of nitrogens with zero attached hydrogens (tertiary/aromatic N) is 2. The Bertz CT molecular complexity index is 1180. The minimum atomic E-state index is -0.431. The fourth-order valence-corrected chi connectivity index (χ4v) is 4.83. The summed E-state index contributed by atoms with van der Waals surface area (Å²) in [6.45, 7) is 2.94. The third kappa shape index (κ3) is 4.22. The standard InChI is InChI=1S/C21H20N2O5S2/c1-3-29-14-6-4-5-13(9-14)20(25)22-21-23(12-19(24)26-2)15-10-16-17(11-18(15)30-21)28-8-7-27-16/h4-6,9-11H,3,7-8,12H2,1-2H3. The number of aromatic nitrogens is 1. The molecule has 156 valence electrons. The van der Waals surface area contributed by atoms with Crippen molar-refractivity contribution < 1.29 is 23.8 Å². The fraction of sp³-hybridized carbons (Fsp3) is 0.286. The van der Waals surface area contributed by atoms with E-state index in [9.17, 15) is 9.59 Å². The van der Waals surface area contributed by atoms with Gasteiger partial charge in [0.2, 0.25) is 0 Å². The van der Waals surface area contributed by atoms with Gasteiger partial charge in [-0.15, -0.1) is 11.8 Å². The number of rotatable bonds is 5. The lowest BCUT2D eigenvalue weighted by molar-refractivity contribution is -0.141. The van der Waals surface area contributed by atoms with E-state index in [1.54, 1.807) is 22.4 Å². The summed E-state index contributed by atoms with van der Waals surface area (Å²) in [5, 5.41) is 0. The van der Waals surface area contributed by atoms with Crippen molar-refractivity contribution in [3.63, 3.8) is 0 Å². The highest BCUT2D eigenvalue weighted by Crippen LogP contribution is 2.35. The minimum absolute atomic E-state index is 0.0615. The van der Waals surface area contributed by atoms with Gasteiger partial charge in [0.1, 0.15) is 19.8 Å². The molecule has 0 aliphatic carbocycles. The van der Waals surface area contributed by atoms with Crippen LogP contribution in [0.4, 0.5) is 0 Å². The summed E-state index contributed by atoms with van der Waals surface area (Å²) in [5.41, 5.74) is 1.23. The molecule has 1 amide bonds. The Morgan fingerprint density at radius 1 is 1.20 bits per heavy atom. The summed E-state index contributed by atoms with van der Waals surface area (Å²) in [6.07, 6.45) is 0. The van der Waals surface area contributed by atoms with Crippen LogP contribution in [0.15, 0.2) is 46.3 Å². The van der Waals surface area contributed by atoms with Gasteiger partial charge in [-0.1, -0.05) is 24.3 Å². The number of thiazole rings is 1. The smallest absolute Gasteiger partial charge is 0.325 e. The van der Waals surface area contributed by atoms with Crippen LogP contribution in [-0.4, -0.2) is 42.5 Å². The molecule has 0 atom stereocenters. The summed E-state index contributed by atoms with van der Waals surface area (Å²) in [7, 11) is 1.33. The first kappa shape index (κ1) is 20.5. The van der Waals surface area contributed by atoms with Gasteiger partial charge in [0.15, 0.2) is 16.3 Å². The topological polar surface area (TPSA) is 79.1 Å². The van der Waals surface area contributed by atoms with Crippen LogP contribution in [0.2, 0.25) is 0 Å². The van der Waals surface area contributed by atoms with Crippen LogP contribution in [0.25, 0.3) is 10.2 Å². The highest BCUT2D eigenvalue weighted by atomic mass is 32.2. The average molecular weight is 445 g/mol. The molecule has 0 saturated heterocycles. The van der Waals surface area contributed by atoms with E-state index in [0.29, 0.717) is 35.1 Å². The van der Waals surface area contributed by atoms with E-state index in [1.165, 1.54) is 18.4 Å². The second-order valence-electron chi connectivity index (χ2n) is 6.39. The van der Waals surface area contributed by atoms with Crippen LogP contribution in [-0.2, 0) is 16.1 Å². The predicted octanol–water partition coefficient (Wildman–Crippen LogP) is 3.50. The minimum Gasteiger partial charge on any atom is -0.486 e. The van der Waals surface area contributed by atoms with Gasteiger partial charge in [-0.25, -0.2) is 0 Å². The number of hydrogen-bond acceptors (Lipinski definition) is 7. The molecule has 0 spiro atoms. The van der Waals surface area contributed by atoms with Gasteiger partial charge in [-0.3, -0.25) is 9.59 Å². The largest absolute Gasteiger partial charge is 0.486 e. The van der Waals surface area contributed by atoms with Crippen molar-refractivity contribution in [3.8, 4) is 11.5 Å². The molecule has 0 fully saturated rings. The predicted molar refractivity (Wildman–Crippen MR) is 116 cm³/mol. The van der Waals surface area contributed by atoms with E-state index in [1.807, 2.05) is 30.3 Å². The number of methoxy groups -OCH3 is 1. The summed E-state index contributed by atoms with van der Waals surface area (Å²) in [4.78, 5) is 30.6. The van der Waals surface area contributed by atoms with Crippen molar-refractivity contribution in [1.29, 1.82) is 0 Å². The Labute approximate surface area is 181 Å². The zero-order valence-electron chi connectivity index (χ0n) is 16.5. The van der Waals surface area contributed by atoms with Crippen LogP contribution in [0.3, 0.4) is 0 Å². The zero-order valence-corrected chi connectivity index (χ0v) is 18.2. The maximum atomic E-state index is 12.9. The molecule has 1 aliphatic rings. The number of carbonyl (C=O) groups is 2. The second-order valence-corrected chi connectivity index (χ2v) is 8.73. The van der Waals surface area contributed by atoms with Gasteiger partial charge in [-0.05, 0) is 24.0 Å². The van der Waals surface area contributed by atoms with Gasteiger partial charge in [0.05, 0.1) is 17.3 Å². The molecule has 0 unspecified atom stereocenters. The summed E-state index contributed by atoms with van der Waals surface area (Å²) < 4.78 is 18.7. The quantitative estimate of drug-likeness (QED) is 0.443. The molecule has 4 rings (SSSR count). The molecule has 0 bridgehead atoms. The van der Waals surface area contributed by atoms with Gasteiger partial charge in [-0.2, -0.15) is 4.99 Å². The van der Waals surface area contributed by atoms with E-state index in [2.05, 4.69) is 11.9 Å². The van der Waals surface area contributed by atoms with Gasteiger partial charge < -0.3 is 18.8 Å². The molecular formula is C21H20N2O5S2. The SMILES string of the molecule is CCSc1cccc(C(=O)N=c2sc3cc4c(cc3n2CC(=O)OC)OCCO4)c1. The van der Waals surface area contributed by atoms with Crippen molar-refractivity contribution >= 4 is 45.2 Å². The van der Waals surface area contributed by atoms with Crippen LogP contribution >= 0.6 is 23.1 Å². The normalized spacial score (nSPS) is 13.5. The molecule has 0 saturated carbocycles. The summed E-state index contributed by atoms with van der Waals surface area (Å²) in [6, 6.07) is 11.0. The highest BCUT2D eigenvalue weighted by molar-refractivity contribution is 7.99. The van der Waals surface area contributed by atoms with Crippen LogP contribution in [0, 0.1) is 0 Å². The molecule has 3 aromatic rings. The number of hydrogen-bond donors (Lipinski definition) is 0. The van der Waals surface area contributed by atoms with Crippen LogP contribution < -0.4 is 14.3 Å². The van der Waals surface area contributed by atoms with Gasteiger partial charge in [0.25, 0.3) is 5.91 Å². The van der Waals surface area contributed by atoms with Crippen LogP contribution in [0.5, 0.6) is 11.5 Å². The maximum Gasteiger partial charge on any atom is 0.325 e. The lowest BCUT2D eigenvalue weighted by Gasteiger charge is -2.18. The van der Waals surface area contributed by atoms with Gasteiger partial charge in [0, 0.05) is 22.6 Å². The van der Waals surface area contributed by atoms with Crippen molar-refractivity contribution in [1.82, 2.24) is 4.57 Å². The Kier molecular flexibility index (Phi) is 6.10. The molecule has 0 radical (unpaired) electrons. The Balaban J connectivity index is 1.82. The van der Waals surface area contributed by atoms with Crippen LogP contribution in [0.1, 0.15) is 17.3 Å². The zero-order chi connectivity index (χ0) is 21.1. The molecule has 30 heavy (non-hydrogen) atoms. The molecule has 7 nitrogen and oxygen atoms in total. The molecule has 1 aliphatic heterocycles. The van der Waals surface area contributed by atoms with Crippen molar-refractivity contribution in [2.75, 3.05) is 26.1 Å². The highest BCUT2D eigenvalue weighted by Gasteiger charge is 2.18. The molecule has 9 heteroatoms. The molecular weight excluding hydrogens is 424 g/mol. The Morgan fingerprint density at radius 3 is 2.70 bits per heavy atom. The van der Waals surface area contributed by atoms with E-state index < -0.39 is 5.97 Å². The number of ether oxygens (including phenoxy) is 3. The van der Waals surface area contributed by atoms with Gasteiger partial charge >= 0.3 is 5.97 Å². The molecule has 2 aromatic carbocycles. The average Bonchev–Trinajstić information content (AvgIpc) is 3.08. The monoisotopic (exact) mass is 444 g/mol. The first-order chi connectivity index (χ1) is 14.6. The maximum absolute atomic E-state index is 12.9. The van der Waals surface area contributed by atoms with E-state index in [4.69, 9.17) is 14.2 Å². The number of carbonyl (C=O) groups excluding carboxylic acids is 2. The fourth-order valence-electron chi connectivity index (χ4n) is 3.08. The first-order valence-electron chi connectivity index (χ1n) is 9.40. The van der Waals surface area contributed by atoms with Crippen molar-refractivity contribution in [3.05, 3.63) is 46.8 Å². The van der Waals surface area contributed by atoms with E-state index in [0.717, 1.165) is 20.9 Å². The number of amides is 1. The lowest BCUT2D eigenvalue weighted by Crippen LogP contribution is -2.22. The second kappa shape index (κ2) is 8.93. The number of esters is 1. The van der Waals surface area contributed by atoms with Crippen molar-refractivity contribution in [2.24, 2.45) is 4.99 Å². The number of thioether (sulfide) groups is 1. The molecule has 0 N–H and O–H groups in total. The lowest BCUT2D eigenvalue weighted by atomic mass is 10.2. The summed E-state index contributed by atoms with van der Waals surface area (Å²) in [5.74, 6) is 1.37. The Hall–Kier alpha value is -2.78. The molecule has 2 heterocycles. The number of benzene rings is 2. The Morgan fingerprint density at radius 2 is 1.97 bits per heavy atom. The third-order valence-electron chi connectivity index (χ3n) is 4.45. The molecule has 1 aromatic heterocycles. The number of fused-ring (bicyclic) bond motifs is 2. The summed E-state index contributed by atoms with van der Waals surface area (Å²) >= 11 is 2.97.